The Morgan fingerprint density at radius 1 is 1.25 bits per heavy atom. The normalized spacial score (nSPS) is 15.2. The van der Waals surface area contributed by atoms with Crippen LogP contribution in [0.1, 0.15) is 39.7 Å². The number of rotatable bonds is 7. The molecule has 0 N–H and O–H groups in total. The van der Waals surface area contributed by atoms with Crippen LogP contribution < -0.4 is 0 Å². The van der Waals surface area contributed by atoms with Crippen LogP contribution in [0.4, 0.5) is 4.79 Å². The van der Waals surface area contributed by atoms with E-state index in [0.717, 1.165) is 12.0 Å². The number of hydrogen-bond donors (Lipinski definition) is 0. The fourth-order valence-electron chi connectivity index (χ4n) is 1.71. The van der Waals surface area contributed by atoms with E-state index in [9.17, 15) is 4.79 Å². The molecule has 20 heavy (non-hydrogen) atoms. The zero-order valence-electron chi connectivity index (χ0n) is 12.7. The Bertz CT molecular complexity index is 404. The smallest absolute Gasteiger partial charge is 0.435 e. The van der Waals surface area contributed by atoms with Gasteiger partial charge in [-0.25, -0.2) is 4.79 Å². The highest BCUT2D eigenvalue weighted by molar-refractivity contribution is 5.61. The molecule has 0 aromatic heterocycles. The van der Waals surface area contributed by atoms with Gasteiger partial charge in [0.25, 0.3) is 0 Å². The first-order valence-electron chi connectivity index (χ1n) is 7.04. The third kappa shape index (κ3) is 4.85. The lowest BCUT2D eigenvalue weighted by Crippen LogP contribution is -2.35. The average molecular weight is 280 g/mol. The predicted octanol–water partition coefficient (Wildman–Crippen LogP) is 3.89. The molecule has 0 heterocycles. The fraction of sp³-hybridized carbons (Fsp3) is 0.562. The number of ether oxygens (including phenoxy) is 3. The lowest BCUT2D eigenvalue weighted by Gasteiger charge is -2.30. The second-order valence-electron chi connectivity index (χ2n) is 4.91. The van der Waals surface area contributed by atoms with Gasteiger partial charge in [-0.2, -0.15) is 0 Å². The van der Waals surface area contributed by atoms with E-state index in [0.29, 0.717) is 6.61 Å². The maximum Gasteiger partial charge on any atom is 0.509 e. The molecule has 0 amide bonds. The Balaban J connectivity index is 2.85. The highest BCUT2D eigenvalue weighted by Gasteiger charge is 2.32. The van der Waals surface area contributed by atoms with Crippen molar-refractivity contribution >= 4 is 6.16 Å². The van der Waals surface area contributed by atoms with Crippen LogP contribution in [-0.2, 0) is 19.8 Å². The predicted molar refractivity (Wildman–Crippen MR) is 77.6 cm³/mol. The lowest BCUT2D eigenvalue weighted by atomic mass is 9.96. The van der Waals surface area contributed by atoms with Crippen molar-refractivity contribution in [2.24, 2.45) is 0 Å². The van der Waals surface area contributed by atoms with Gasteiger partial charge in [0.05, 0.1) is 19.3 Å². The SMILES string of the molecule is CCOC(=O)OC(C)(COC(C)CC)c1ccccc1. The first-order chi connectivity index (χ1) is 9.51. The number of hydrogen-bond acceptors (Lipinski definition) is 4. The number of carbonyl (C=O) groups excluding carboxylic acids is 1. The summed E-state index contributed by atoms with van der Waals surface area (Å²) in [4.78, 5) is 11.6. The highest BCUT2D eigenvalue weighted by Crippen LogP contribution is 2.27. The zero-order valence-corrected chi connectivity index (χ0v) is 12.7. The Kier molecular flexibility index (Phi) is 6.52. The molecule has 0 aliphatic carbocycles. The summed E-state index contributed by atoms with van der Waals surface area (Å²) < 4.78 is 16.1. The second kappa shape index (κ2) is 7.90. The molecule has 0 aliphatic rings. The fourth-order valence-corrected chi connectivity index (χ4v) is 1.71. The zero-order chi connectivity index (χ0) is 15.0. The van der Waals surface area contributed by atoms with E-state index in [1.807, 2.05) is 44.2 Å². The van der Waals surface area contributed by atoms with E-state index in [4.69, 9.17) is 14.2 Å². The maximum atomic E-state index is 11.6. The summed E-state index contributed by atoms with van der Waals surface area (Å²) in [6.45, 7) is 8.21. The molecule has 2 atom stereocenters. The van der Waals surface area contributed by atoms with E-state index in [-0.39, 0.29) is 12.7 Å². The van der Waals surface area contributed by atoms with Gasteiger partial charge in [0.1, 0.15) is 0 Å². The van der Waals surface area contributed by atoms with Crippen LogP contribution in [0.2, 0.25) is 0 Å². The largest absolute Gasteiger partial charge is 0.509 e. The molecule has 0 radical (unpaired) electrons. The van der Waals surface area contributed by atoms with Crippen molar-refractivity contribution in [3.8, 4) is 0 Å². The molecule has 0 saturated carbocycles. The van der Waals surface area contributed by atoms with Crippen LogP contribution in [0.5, 0.6) is 0 Å². The van der Waals surface area contributed by atoms with Crippen LogP contribution in [0, 0.1) is 0 Å². The Morgan fingerprint density at radius 3 is 2.45 bits per heavy atom. The van der Waals surface area contributed by atoms with Crippen molar-refractivity contribution in [1.29, 1.82) is 0 Å². The highest BCUT2D eigenvalue weighted by atomic mass is 16.7. The molecule has 0 saturated heterocycles. The monoisotopic (exact) mass is 280 g/mol. The van der Waals surface area contributed by atoms with Gasteiger partial charge >= 0.3 is 6.16 Å². The summed E-state index contributed by atoms with van der Waals surface area (Å²) in [6, 6.07) is 9.57. The Labute approximate surface area is 121 Å². The van der Waals surface area contributed by atoms with Gasteiger partial charge in [0.15, 0.2) is 5.60 Å². The van der Waals surface area contributed by atoms with E-state index in [1.165, 1.54) is 0 Å². The van der Waals surface area contributed by atoms with Gasteiger partial charge in [-0.3, -0.25) is 0 Å². The summed E-state index contributed by atoms with van der Waals surface area (Å²) in [5, 5.41) is 0. The van der Waals surface area contributed by atoms with Crippen LogP contribution in [0.3, 0.4) is 0 Å². The molecular formula is C16H24O4. The van der Waals surface area contributed by atoms with Crippen molar-refractivity contribution in [1.82, 2.24) is 0 Å². The number of benzene rings is 1. The minimum Gasteiger partial charge on any atom is -0.435 e. The van der Waals surface area contributed by atoms with Gasteiger partial charge < -0.3 is 14.2 Å². The van der Waals surface area contributed by atoms with Gasteiger partial charge in [-0.1, -0.05) is 37.3 Å². The molecule has 1 aromatic rings. The van der Waals surface area contributed by atoms with Crippen molar-refractivity contribution in [2.45, 2.75) is 45.8 Å². The lowest BCUT2D eigenvalue weighted by molar-refractivity contribution is -0.0898. The topological polar surface area (TPSA) is 44.8 Å². The van der Waals surface area contributed by atoms with E-state index in [2.05, 4.69) is 6.92 Å². The van der Waals surface area contributed by atoms with Crippen LogP contribution in [0.15, 0.2) is 30.3 Å². The molecule has 4 heteroatoms. The van der Waals surface area contributed by atoms with Crippen molar-refractivity contribution in [3.63, 3.8) is 0 Å². The summed E-state index contributed by atoms with van der Waals surface area (Å²) in [7, 11) is 0. The summed E-state index contributed by atoms with van der Waals surface area (Å²) in [5.41, 5.74) is 0.0353. The van der Waals surface area contributed by atoms with Gasteiger partial charge in [0, 0.05) is 0 Å². The van der Waals surface area contributed by atoms with Crippen molar-refractivity contribution in [3.05, 3.63) is 35.9 Å². The van der Waals surface area contributed by atoms with Crippen molar-refractivity contribution < 1.29 is 19.0 Å². The number of carbonyl (C=O) groups is 1. The third-order valence-corrected chi connectivity index (χ3v) is 3.17. The standard InChI is InChI=1S/C16H24O4/c1-5-13(3)19-12-16(4,20-15(17)18-6-2)14-10-8-7-9-11-14/h7-11,13H,5-6,12H2,1-4H3. The van der Waals surface area contributed by atoms with Gasteiger partial charge in [0.2, 0.25) is 0 Å². The molecule has 1 rings (SSSR count). The average Bonchev–Trinajstić information content (AvgIpc) is 2.46. The molecular weight excluding hydrogens is 256 g/mol. The first kappa shape index (κ1) is 16.5. The third-order valence-electron chi connectivity index (χ3n) is 3.17. The molecule has 0 spiro atoms. The summed E-state index contributed by atoms with van der Waals surface area (Å²) in [5.74, 6) is 0. The minimum atomic E-state index is -0.850. The maximum absolute atomic E-state index is 11.6. The van der Waals surface area contributed by atoms with E-state index in [1.54, 1.807) is 6.92 Å². The van der Waals surface area contributed by atoms with E-state index < -0.39 is 11.8 Å². The molecule has 1 aromatic carbocycles. The summed E-state index contributed by atoms with van der Waals surface area (Å²) in [6.07, 6.45) is 0.347. The Hall–Kier alpha value is -1.55. The molecule has 112 valence electrons. The van der Waals surface area contributed by atoms with Crippen molar-refractivity contribution in [2.75, 3.05) is 13.2 Å². The van der Waals surface area contributed by atoms with Gasteiger partial charge in [-0.05, 0) is 32.8 Å². The van der Waals surface area contributed by atoms with E-state index >= 15 is 0 Å². The minimum absolute atomic E-state index is 0.115. The molecule has 0 fully saturated rings. The molecule has 0 bridgehead atoms. The van der Waals surface area contributed by atoms with Gasteiger partial charge in [-0.15, -0.1) is 0 Å². The Morgan fingerprint density at radius 2 is 1.90 bits per heavy atom. The first-order valence-corrected chi connectivity index (χ1v) is 7.04. The second-order valence-corrected chi connectivity index (χ2v) is 4.91. The molecule has 4 nitrogen and oxygen atoms in total. The quantitative estimate of drug-likeness (QED) is 0.711. The van der Waals surface area contributed by atoms with Crippen LogP contribution in [0.25, 0.3) is 0 Å². The van der Waals surface area contributed by atoms with Crippen LogP contribution >= 0.6 is 0 Å². The molecule has 2 unspecified atom stereocenters. The van der Waals surface area contributed by atoms with Crippen LogP contribution in [-0.4, -0.2) is 25.5 Å². The summed E-state index contributed by atoms with van der Waals surface area (Å²) >= 11 is 0. The molecule has 0 aliphatic heterocycles.